The van der Waals surface area contributed by atoms with Crippen LogP contribution in [-0.4, -0.2) is 4.98 Å². The first kappa shape index (κ1) is 12.2. The van der Waals surface area contributed by atoms with E-state index >= 15 is 0 Å². The number of aryl methyl sites for hydroxylation is 3. The van der Waals surface area contributed by atoms with Gasteiger partial charge in [0.05, 0.1) is 0 Å². The SMILES string of the molecule is CCCc1cc(CCC)nc(CCC)c1. The van der Waals surface area contributed by atoms with Crippen molar-refractivity contribution in [2.45, 2.75) is 59.3 Å². The molecule has 0 bridgehead atoms. The van der Waals surface area contributed by atoms with Gasteiger partial charge in [0.1, 0.15) is 0 Å². The molecule has 1 aromatic heterocycles. The van der Waals surface area contributed by atoms with Crippen molar-refractivity contribution in [1.29, 1.82) is 0 Å². The Labute approximate surface area is 93.9 Å². The number of rotatable bonds is 6. The van der Waals surface area contributed by atoms with Gasteiger partial charge >= 0.3 is 0 Å². The third-order valence-corrected chi connectivity index (χ3v) is 2.54. The van der Waals surface area contributed by atoms with Gasteiger partial charge in [-0.2, -0.15) is 0 Å². The van der Waals surface area contributed by atoms with Gasteiger partial charge in [-0.3, -0.25) is 4.98 Å². The monoisotopic (exact) mass is 205 g/mol. The van der Waals surface area contributed by atoms with Gasteiger partial charge in [-0.1, -0.05) is 40.0 Å². The Balaban J connectivity index is 2.86. The normalized spacial score (nSPS) is 10.6. The van der Waals surface area contributed by atoms with Crippen LogP contribution in [0.4, 0.5) is 0 Å². The number of pyridine rings is 1. The number of aromatic nitrogens is 1. The van der Waals surface area contributed by atoms with Crippen LogP contribution in [0.5, 0.6) is 0 Å². The maximum Gasteiger partial charge on any atom is 0.0409 e. The molecule has 1 heterocycles. The number of hydrogen-bond acceptors (Lipinski definition) is 1. The summed E-state index contributed by atoms with van der Waals surface area (Å²) in [4.78, 5) is 4.70. The van der Waals surface area contributed by atoms with Crippen molar-refractivity contribution in [2.75, 3.05) is 0 Å². The van der Waals surface area contributed by atoms with Crippen molar-refractivity contribution in [3.63, 3.8) is 0 Å². The molecule has 1 rings (SSSR count). The molecule has 0 atom stereocenters. The van der Waals surface area contributed by atoms with E-state index in [1.807, 2.05) is 0 Å². The average Bonchev–Trinajstić information content (AvgIpc) is 2.19. The molecule has 0 aliphatic carbocycles. The van der Waals surface area contributed by atoms with Crippen LogP contribution in [0.1, 0.15) is 57.0 Å². The Morgan fingerprint density at radius 2 is 1.27 bits per heavy atom. The van der Waals surface area contributed by atoms with Crippen LogP contribution in [0.15, 0.2) is 12.1 Å². The van der Waals surface area contributed by atoms with E-state index in [2.05, 4.69) is 32.9 Å². The topological polar surface area (TPSA) is 12.9 Å². The largest absolute Gasteiger partial charge is 0.258 e. The fourth-order valence-electron chi connectivity index (χ4n) is 1.92. The second-order valence-corrected chi connectivity index (χ2v) is 4.21. The molecular weight excluding hydrogens is 182 g/mol. The third-order valence-electron chi connectivity index (χ3n) is 2.54. The van der Waals surface area contributed by atoms with Crippen LogP contribution in [-0.2, 0) is 19.3 Å². The van der Waals surface area contributed by atoms with Crippen molar-refractivity contribution < 1.29 is 0 Å². The van der Waals surface area contributed by atoms with Crippen molar-refractivity contribution in [2.24, 2.45) is 0 Å². The zero-order chi connectivity index (χ0) is 11.1. The molecule has 0 aliphatic rings. The highest BCUT2D eigenvalue weighted by Crippen LogP contribution is 2.11. The Kier molecular flexibility index (Phi) is 5.38. The van der Waals surface area contributed by atoms with Crippen molar-refractivity contribution in [3.05, 3.63) is 29.1 Å². The lowest BCUT2D eigenvalue weighted by Gasteiger charge is -2.07. The Morgan fingerprint density at radius 3 is 1.67 bits per heavy atom. The zero-order valence-electron chi connectivity index (χ0n) is 10.3. The van der Waals surface area contributed by atoms with Crippen molar-refractivity contribution >= 4 is 0 Å². The van der Waals surface area contributed by atoms with Crippen LogP contribution < -0.4 is 0 Å². The smallest absolute Gasteiger partial charge is 0.0409 e. The molecule has 84 valence electrons. The summed E-state index contributed by atoms with van der Waals surface area (Å²) in [5.74, 6) is 0. The molecule has 0 saturated heterocycles. The molecular formula is C14H23N. The van der Waals surface area contributed by atoms with E-state index in [-0.39, 0.29) is 0 Å². The van der Waals surface area contributed by atoms with Gasteiger partial charge in [0.25, 0.3) is 0 Å². The predicted molar refractivity (Wildman–Crippen MR) is 66.2 cm³/mol. The van der Waals surface area contributed by atoms with E-state index in [9.17, 15) is 0 Å². The quantitative estimate of drug-likeness (QED) is 0.685. The second-order valence-electron chi connectivity index (χ2n) is 4.21. The highest BCUT2D eigenvalue weighted by Gasteiger charge is 2.01. The molecule has 0 N–H and O–H groups in total. The first-order chi connectivity index (χ1) is 7.30. The van der Waals surface area contributed by atoms with E-state index < -0.39 is 0 Å². The third kappa shape index (κ3) is 4.03. The fraction of sp³-hybridized carbons (Fsp3) is 0.643. The predicted octanol–water partition coefficient (Wildman–Crippen LogP) is 3.94. The van der Waals surface area contributed by atoms with Gasteiger partial charge in [0.15, 0.2) is 0 Å². The van der Waals surface area contributed by atoms with E-state index in [0.717, 1.165) is 12.8 Å². The summed E-state index contributed by atoms with van der Waals surface area (Å²) >= 11 is 0. The first-order valence-corrected chi connectivity index (χ1v) is 6.28. The molecule has 1 nitrogen and oxygen atoms in total. The maximum absolute atomic E-state index is 4.70. The molecule has 0 saturated carbocycles. The number of nitrogens with zero attached hydrogens (tertiary/aromatic N) is 1. The molecule has 0 aromatic carbocycles. The summed E-state index contributed by atoms with van der Waals surface area (Å²) in [6, 6.07) is 4.57. The molecule has 0 unspecified atom stereocenters. The molecule has 0 radical (unpaired) electrons. The van der Waals surface area contributed by atoms with Gasteiger partial charge in [-0.25, -0.2) is 0 Å². The Hall–Kier alpha value is -0.850. The molecule has 1 aromatic rings. The van der Waals surface area contributed by atoms with Crippen LogP contribution in [0, 0.1) is 0 Å². The standard InChI is InChI=1S/C14H23N/c1-4-7-12-10-13(8-5-2)15-14(11-12)9-6-3/h10-11H,4-9H2,1-3H3. The molecule has 0 fully saturated rings. The summed E-state index contributed by atoms with van der Waals surface area (Å²) in [6.45, 7) is 6.67. The van der Waals surface area contributed by atoms with E-state index in [0.29, 0.717) is 0 Å². The summed E-state index contributed by atoms with van der Waals surface area (Å²) < 4.78 is 0. The number of hydrogen-bond donors (Lipinski definition) is 0. The first-order valence-electron chi connectivity index (χ1n) is 6.28. The lowest BCUT2D eigenvalue weighted by Crippen LogP contribution is -1.98. The fourth-order valence-corrected chi connectivity index (χ4v) is 1.92. The minimum absolute atomic E-state index is 1.12. The highest BCUT2D eigenvalue weighted by molar-refractivity contribution is 5.22. The molecule has 0 amide bonds. The molecule has 0 aliphatic heterocycles. The zero-order valence-corrected chi connectivity index (χ0v) is 10.3. The average molecular weight is 205 g/mol. The van der Waals surface area contributed by atoms with Crippen molar-refractivity contribution in [1.82, 2.24) is 4.98 Å². The Morgan fingerprint density at radius 1 is 0.800 bits per heavy atom. The molecule has 1 heteroatoms. The van der Waals surface area contributed by atoms with E-state index in [1.165, 1.54) is 42.6 Å². The summed E-state index contributed by atoms with van der Waals surface area (Å²) in [5.41, 5.74) is 4.04. The second kappa shape index (κ2) is 6.60. The van der Waals surface area contributed by atoms with Crippen LogP contribution in [0.25, 0.3) is 0 Å². The summed E-state index contributed by atoms with van der Waals surface area (Å²) in [7, 11) is 0. The lowest BCUT2D eigenvalue weighted by atomic mass is 10.1. The summed E-state index contributed by atoms with van der Waals surface area (Å²) in [5, 5.41) is 0. The van der Waals surface area contributed by atoms with Gasteiger partial charge in [-0.15, -0.1) is 0 Å². The lowest BCUT2D eigenvalue weighted by molar-refractivity contribution is 0.815. The van der Waals surface area contributed by atoms with Crippen LogP contribution in [0.2, 0.25) is 0 Å². The maximum atomic E-state index is 4.70. The minimum Gasteiger partial charge on any atom is -0.258 e. The van der Waals surface area contributed by atoms with Gasteiger partial charge < -0.3 is 0 Å². The molecule has 0 spiro atoms. The van der Waals surface area contributed by atoms with Crippen LogP contribution >= 0.6 is 0 Å². The Bertz CT molecular complexity index is 231. The van der Waals surface area contributed by atoms with E-state index in [4.69, 9.17) is 4.98 Å². The minimum atomic E-state index is 1.12. The highest BCUT2D eigenvalue weighted by atomic mass is 14.7. The van der Waals surface area contributed by atoms with Gasteiger partial charge in [-0.05, 0) is 37.0 Å². The van der Waals surface area contributed by atoms with E-state index in [1.54, 1.807) is 0 Å². The summed E-state index contributed by atoms with van der Waals surface area (Å²) in [6.07, 6.45) is 7.03. The van der Waals surface area contributed by atoms with Gasteiger partial charge in [0, 0.05) is 11.4 Å². The molecule has 15 heavy (non-hydrogen) atoms. The van der Waals surface area contributed by atoms with Gasteiger partial charge in [0.2, 0.25) is 0 Å². The van der Waals surface area contributed by atoms with Crippen molar-refractivity contribution in [3.8, 4) is 0 Å². The van der Waals surface area contributed by atoms with Crippen LogP contribution in [0.3, 0.4) is 0 Å².